The number of rotatable bonds is 2. The largest absolute Gasteiger partial charge is 0.454 e. The van der Waals surface area contributed by atoms with Crippen molar-refractivity contribution in [3.8, 4) is 11.5 Å². The van der Waals surface area contributed by atoms with Crippen molar-refractivity contribution >= 4 is 22.9 Å². The van der Waals surface area contributed by atoms with E-state index in [9.17, 15) is 0 Å². The van der Waals surface area contributed by atoms with Gasteiger partial charge in [0.1, 0.15) is 5.01 Å². The van der Waals surface area contributed by atoms with Gasteiger partial charge in [-0.25, -0.2) is 4.98 Å². The molecule has 1 atom stereocenters. The predicted octanol–water partition coefficient (Wildman–Crippen LogP) is 2.88. The molecular weight excluding hydrogens is 272 g/mol. The second kappa shape index (κ2) is 4.42. The van der Waals surface area contributed by atoms with E-state index in [0.717, 1.165) is 16.3 Å². The number of thiazole rings is 1. The monoisotopic (exact) mass is 282 g/mol. The topological polar surface area (TPSA) is 57.4 Å². The first-order valence-electron chi connectivity index (χ1n) is 5.42. The summed E-state index contributed by atoms with van der Waals surface area (Å²) in [5.41, 5.74) is 8.03. The van der Waals surface area contributed by atoms with Gasteiger partial charge >= 0.3 is 0 Å². The number of halogens is 1. The van der Waals surface area contributed by atoms with E-state index in [4.69, 9.17) is 26.8 Å². The van der Waals surface area contributed by atoms with E-state index in [-0.39, 0.29) is 12.8 Å². The average Bonchev–Trinajstić information content (AvgIpc) is 2.96. The van der Waals surface area contributed by atoms with Crippen LogP contribution in [0.4, 0.5) is 0 Å². The van der Waals surface area contributed by atoms with Gasteiger partial charge < -0.3 is 15.2 Å². The van der Waals surface area contributed by atoms with Crippen molar-refractivity contribution in [3.63, 3.8) is 0 Å². The van der Waals surface area contributed by atoms with Crippen molar-refractivity contribution in [3.05, 3.63) is 38.8 Å². The van der Waals surface area contributed by atoms with Gasteiger partial charge in [-0.1, -0.05) is 11.6 Å². The third-order valence-corrected chi connectivity index (χ3v) is 4.04. The molecule has 94 valence electrons. The van der Waals surface area contributed by atoms with Crippen LogP contribution >= 0.6 is 22.9 Å². The number of nitrogens with two attached hydrogens (primary N) is 1. The maximum Gasteiger partial charge on any atom is 0.231 e. The molecule has 3 rings (SSSR count). The minimum atomic E-state index is -0.296. The van der Waals surface area contributed by atoms with Crippen LogP contribution in [0.15, 0.2) is 17.5 Å². The third-order valence-electron chi connectivity index (χ3n) is 2.71. The molecule has 0 saturated carbocycles. The third kappa shape index (κ3) is 1.94. The Labute approximate surface area is 113 Å². The Kier molecular flexibility index (Phi) is 2.89. The number of hydrogen-bond acceptors (Lipinski definition) is 5. The van der Waals surface area contributed by atoms with Crippen LogP contribution in [-0.4, -0.2) is 11.8 Å². The number of fused-ring (bicyclic) bond motifs is 1. The molecule has 4 nitrogen and oxygen atoms in total. The van der Waals surface area contributed by atoms with Crippen molar-refractivity contribution in [1.82, 2.24) is 4.98 Å². The van der Waals surface area contributed by atoms with Gasteiger partial charge in [0.05, 0.1) is 11.1 Å². The molecule has 0 radical (unpaired) electrons. The molecule has 18 heavy (non-hydrogen) atoms. The molecule has 0 amide bonds. The average molecular weight is 283 g/mol. The second-order valence-corrected chi connectivity index (χ2v) is 5.34. The molecule has 1 aromatic carbocycles. The predicted molar refractivity (Wildman–Crippen MR) is 70.5 cm³/mol. The fraction of sp³-hybridized carbons (Fsp3) is 0.250. The highest BCUT2D eigenvalue weighted by Gasteiger charge is 2.22. The molecule has 2 aromatic rings. The van der Waals surface area contributed by atoms with E-state index in [1.807, 2.05) is 18.4 Å². The number of aromatic nitrogens is 1. The molecule has 1 aliphatic rings. The fourth-order valence-electron chi connectivity index (χ4n) is 1.82. The SMILES string of the molecule is Cc1csc(C(N)c2cc(Cl)c3c(c2)OCO3)n1. The summed E-state index contributed by atoms with van der Waals surface area (Å²) < 4.78 is 10.6. The zero-order valence-electron chi connectivity index (χ0n) is 9.64. The number of hydrogen-bond donors (Lipinski definition) is 1. The summed E-state index contributed by atoms with van der Waals surface area (Å²) in [6, 6.07) is 3.36. The lowest BCUT2D eigenvalue weighted by molar-refractivity contribution is 0.174. The quantitative estimate of drug-likeness (QED) is 0.920. The number of nitrogens with zero attached hydrogens (tertiary/aromatic N) is 1. The van der Waals surface area contributed by atoms with Crippen LogP contribution in [0.2, 0.25) is 5.02 Å². The van der Waals surface area contributed by atoms with Crippen molar-refractivity contribution in [2.75, 3.05) is 6.79 Å². The lowest BCUT2D eigenvalue weighted by Gasteiger charge is -2.10. The standard InChI is InChI=1S/C12H11ClN2O2S/c1-6-4-18-12(15-6)10(14)7-2-8(13)11-9(3-7)16-5-17-11/h2-4,10H,5,14H2,1H3. The van der Waals surface area contributed by atoms with E-state index >= 15 is 0 Å². The first kappa shape index (κ1) is 11.8. The van der Waals surface area contributed by atoms with Gasteiger partial charge in [-0.2, -0.15) is 0 Å². The van der Waals surface area contributed by atoms with Gasteiger partial charge in [0.15, 0.2) is 11.5 Å². The van der Waals surface area contributed by atoms with Crippen molar-refractivity contribution in [1.29, 1.82) is 0 Å². The molecule has 1 unspecified atom stereocenters. The molecule has 6 heteroatoms. The number of ether oxygens (including phenoxy) is 2. The zero-order chi connectivity index (χ0) is 12.7. The molecule has 0 spiro atoms. The lowest BCUT2D eigenvalue weighted by Crippen LogP contribution is -2.11. The normalized spacial score (nSPS) is 14.8. The van der Waals surface area contributed by atoms with Crippen LogP contribution in [-0.2, 0) is 0 Å². The highest BCUT2D eigenvalue weighted by molar-refractivity contribution is 7.09. The fourth-order valence-corrected chi connectivity index (χ4v) is 2.92. The number of aryl methyl sites for hydroxylation is 1. The first-order chi connectivity index (χ1) is 8.65. The summed E-state index contributed by atoms with van der Waals surface area (Å²) in [4.78, 5) is 4.39. The summed E-state index contributed by atoms with van der Waals surface area (Å²) >= 11 is 7.67. The van der Waals surface area contributed by atoms with E-state index in [1.165, 1.54) is 0 Å². The summed E-state index contributed by atoms with van der Waals surface area (Å²) in [5, 5.41) is 3.36. The second-order valence-electron chi connectivity index (χ2n) is 4.04. The van der Waals surface area contributed by atoms with Crippen LogP contribution in [0, 0.1) is 6.92 Å². The Balaban J connectivity index is 2.00. The molecule has 0 saturated heterocycles. The molecule has 0 fully saturated rings. The van der Waals surface area contributed by atoms with E-state index < -0.39 is 0 Å². The van der Waals surface area contributed by atoms with Crippen LogP contribution in [0.25, 0.3) is 0 Å². The van der Waals surface area contributed by atoms with Crippen LogP contribution in [0.1, 0.15) is 22.3 Å². The van der Waals surface area contributed by atoms with Gasteiger partial charge in [0.25, 0.3) is 0 Å². The maximum atomic E-state index is 6.19. The Bertz CT molecular complexity index is 600. The Morgan fingerprint density at radius 1 is 1.44 bits per heavy atom. The summed E-state index contributed by atoms with van der Waals surface area (Å²) in [6.07, 6.45) is 0. The molecule has 0 bridgehead atoms. The van der Waals surface area contributed by atoms with Crippen LogP contribution < -0.4 is 15.2 Å². The summed E-state index contributed by atoms with van der Waals surface area (Å²) in [5.74, 6) is 1.23. The summed E-state index contributed by atoms with van der Waals surface area (Å²) in [6.45, 7) is 2.14. The highest BCUT2D eigenvalue weighted by Crippen LogP contribution is 2.41. The molecule has 1 aliphatic heterocycles. The maximum absolute atomic E-state index is 6.19. The minimum absolute atomic E-state index is 0.199. The highest BCUT2D eigenvalue weighted by atomic mass is 35.5. The summed E-state index contributed by atoms with van der Waals surface area (Å²) in [7, 11) is 0. The van der Waals surface area contributed by atoms with Gasteiger partial charge in [-0.05, 0) is 24.6 Å². The van der Waals surface area contributed by atoms with Crippen molar-refractivity contribution < 1.29 is 9.47 Å². The molecule has 0 aliphatic carbocycles. The van der Waals surface area contributed by atoms with Gasteiger partial charge in [0, 0.05) is 11.1 Å². The van der Waals surface area contributed by atoms with Gasteiger partial charge in [0.2, 0.25) is 6.79 Å². The zero-order valence-corrected chi connectivity index (χ0v) is 11.2. The Morgan fingerprint density at radius 3 is 3.00 bits per heavy atom. The van der Waals surface area contributed by atoms with E-state index in [1.54, 1.807) is 17.4 Å². The lowest BCUT2D eigenvalue weighted by atomic mass is 10.1. The molecular formula is C12H11ClN2O2S. The van der Waals surface area contributed by atoms with Gasteiger partial charge in [-0.3, -0.25) is 0 Å². The minimum Gasteiger partial charge on any atom is -0.454 e. The smallest absolute Gasteiger partial charge is 0.231 e. The molecule has 1 aromatic heterocycles. The van der Waals surface area contributed by atoms with Crippen LogP contribution in [0.3, 0.4) is 0 Å². The van der Waals surface area contributed by atoms with Crippen molar-refractivity contribution in [2.24, 2.45) is 5.73 Å². The van der Waals surface area contributed by atoms with Crippen molar-refractivity contribution in [2.45, 2.75) is 13.0 Å². The molecule has 2 N–H and O–H groups in total. The molecule has 2 heterocycles. The first-order valence-corrected chi connectivity index (χ1v) is 6.67. The number of benzene rings is 1. The van der Waals surface area contributed by atoms with E-state index in [2.05, 4.69) is 4.98 Å². The van der Waals surface area contributed by atoms with Gasteiger partial charge in [-0.15, -0.1) is 11.3 Å². The Hall–Kier alpha value is -1.30. The Morgan fingerprint density at radius 2 is 2.28 bits per heavy atom. The van der Waals surface area contributed by atoms with E-state index in [0.29, 0.717) is 16.5 Å². The van der Waals surface area contributed by atoms with Crippen LogP contribution in [0.5, 0.6) is 11.5 Å².